The molecular weight excluding hydrogens is 302 g/mol. The zero-order chi connectivity index (χ0) is 17.5. The van der Waals surface area contributed by atoms with Gasteiger partial charge in [0.05, 0.1) is 12.7 Å². The second-order valence-corrected chi connectivity index (χ2v) is 6.08. The summed E-state index contributed by atoms with van der Waals surface area (Å²) in [7, 11) is 5.63. The quantitative estimate of drug-likeness (QED) is 0.722. The molecule has 0 aliphatic rings. The minimum absolute atomic E-state index is 0.285. The van der Waals surface area contributed by atoms with Crippen molar-refractivity contribution in [2.45, 2.75) is 25.5 Å². The van der Waals surface area contributed by atoms with E-state index in [-0.39, 0.29) is 18.1 Å². The van der Waals surface area contributed by atoms with Crippen LogP contribution in [0.5, 0.6) is 5.75 Å². The molecule has 0 heterocycles. The third-order valence-electron chi connectivity index (χ3n) is 4.16. The third-order valence-corrected chi connectivity index (χ3v) is 4.16. The van der Waals surface area contributed by atoms with Crippen molar-refractivity contribution >= 4 is 5.97 Å². The van der Waals surface area contributed by atoms with E-state index in [1.54, 1.807) is 31.4 Å². The molecule has 4 heteroatoms. The molecule has 2 aromatic rings. The average Bonchev–Trinajstić information content (AvgIpc) is 2.61. The van der Waals surface area contributed by atoms with Gasteiger partial charge in [-0.2, -0.15) is 0 Å². The molecule has 2 atom stereocenters. The third kappa shape index (κ3) is 4.83. The van der Waals surface area contributed by atoms with Crippen LogP contribution in [-0.2, 0) is 4.74 Å². The normalized spacial score (nSPS) is 13.4. The zero-order valence-corrected chi connectivity index (χ0v) is 14.7. The number of carbonyl (C=O) groups is 1. The van der Waals surface area contributed by atoms with Gasteiger partial charge in [-0.1, -0.05) is 36.4 Å². The second kappa shape index (κ2) is 8.50. The molecule has 0 spiro atoms. The van der Waals surface area contributed by atoms with Crippen molar-refractivity contribution in [2.24, 2.45) is 0 Å². The fourth-order valence-electron chi connectivity index (χ4n) is 2.39. The van der Waals surface area contributed by atoms with Gasteiger partial charge in [-0.05, 0) is 44.8 Å². The van der Waals surface area contributed by atoms with E-state index in [0.29, 0.717) is 11.3 Å². The Morgan fingerprint density at radius 1 is 1.08 bits per heavy atom. The minimum atomic E-state index is -0.339. The standard InChI is InChI=1S/C20H25NO3/c1-15(21(2)3)13-19(16-9-6-5-7-10-16)24-20(22)17-11-8-12-18(14-17)23-4/h5-12,14-15,19H,13H2,1-4H3. The summed E-state index contributed by atoms with van der Waals surface area (Å²) in [6.45, 7) is 2.12. The molecule has 0 bridgehead atoms. The number of hydrogen-bond donors (Lipinski definition) is 0. The number of rotatable bonds is 7. The Balaban J connectivity index is 2.19. The Morgan fingerprint density at radius 3 is 2.42 bits per heavy atom. The Labute approximate surface area is 144 Å². The van der Waals surface area contributed by atoms with Crippen LogP contribution in [0.2, 0.25) is 0 Å². The number of nitrogens with zero attached hydrogens (tertiary/aromatic N) is 1. The van der Waals surface area contributed by atoms with Crippen molar-refractivity contribution in [3.63, 3.8) is 0 Å². The van der Waals surface area contributed by atoms with Crippen LogP contribution in [-0.4, -0.2) is 38.1 Å². The van der Waals surface area contributed by atoms with Gasteiger partial charge in [-0.15, -0.1) is 0 Å². The van der Waals surface area contributed by atoms with Gasteiger partial charge in [0.15, 0.2) is 0 Å². The summed E-state index contributed by atoms with van der Waals surface area (Å²) < 4.78 is 11.0. The lowest BCUT2D eigenvalue weighted by molar-refractivity contribution is 0.0224. The number of esters is 1. The highest BCUT2D eigenvalue weighted by molar-refractivity contribution is 5.90. The molecule has 0 saturated heterocycles. The number of ether oxygens (including phenoxy) is 2. The highest BCUT2D eigenvalue weighted by Gasteiger charge is 2.21. The van der Waals surface area contributed by atoms with E-state index in [0.717, 1.165) is 12.0 Å². The molecule has 2 unspecified atom stereocenters. The Morgan fingerprint density at radius 2 is 1.79 bits per heavy atom. The summed E-state index contributed by atoms with van der Waals surface area (Å²) in [5, 5.41) is 0. The SMILES string of the molecule is COc1cccc(C(=O)OC(CC(C)N(C)C)c2ccccc2)c1. The maximum Gasteiger partial charge on any atom is 0.338 e. The molecule has 0 N–H and O–H groups in total. The van der Waals surface area contributed by atoms with Crippen LogP contribution in [0.1, 0.15) is 35.4 Å². The maximum absolute atomic E-state index is 12.6. The topological polar surface area (TPSA) is 38.8 Å². The van der Waals surface area contributed by atoms with Crippen LogP contribution in [0.3, 0.4) is 0 Å². The molecule has 0 aliphatic carbocycles. The van der Waals surface area contributed by atoms with E-state index in [1.165, 1.54) is 0 Å². The first-order valence-corrected chi connectivity index (χ1v) is 8.07. The van der Waals surface area contributed by atoms with Gasteiger partial charge in [0, 0.05) is 12.5 Å². The second-order valence-electron chi connectivity index (χ2n) is 6.08. The average molecular weight is 327 g/mol. The van der Waals surface area contributed by atoms with Crippen molar-refractivity contribution in [3.05, 3.63) is 65.7 Å². The van der Waals surface area contributed by atoms with E-state index in [4.69, 9.17) is 9.47 Å². The molecule has 0 aromatic heterocycles. The molecule has 24 heavy (non-hydrogen) atoms. The van der Waals surface area contributed by atoms with Crippen LogP contribution in [0.25, 0.3) is 0 Å². The zero-order valence-electron chi connectivity index (χ0n) is 14.7. The van der Waals surface area contributed by atoms with Gasteiger partial charge in [0.1, 0.15) is 11.9 Å². The molecule has 4 nitrogen and oxygen atoms in total. The number of methoxy groups -OCH3 is 1. The van der Waals surface area contributed by atoms with E-state index >= 15 is 0 Å². The van der Waals surface area contributed by atoms with Crippen molar-refractivity contribution < 1.29 is 14.3 Å². The summed E-state index contributed by atoms with van der Waals surface area (Å²) in [5.41, 5.74) is 1.50. The first-order chi connectivity index (χ1) is 11.5. The van der Waals surface area contributed by atoms with Crippen LogP contribution >= 0.6 is 0 Å². The number of hydrogen-bond acceptors (Lipinski definition) is 4. The lowest BCUT2D eigenvalue weighted by Gasteiger charge is -2.26. The summed E-state index contributed by atoms with van der Waals surface area (Å²) in [5.74, 6) is 0.302. The maximum atomic E-state index is 12.6. The molecule has 0 radical (unpaired) electrons. The first kappa shape index (κ1) is 18.0. The highest BCUT2D eigenvalue weighted by atomic mass is 16.5. The lowest BCUT2D eigenvalue weighted by atomic mass is 10.0. The minimum Gasteiger partial charge on any atom is -0.497 e. The van der Waals surface area contributed by atoms with Crippen LogP contribution in [0.15, 0.2) is 54.6 Å². The predicted octanol–water partition coefficient (Wildman–Crippen LogP) is 3.93. The van der Waals surface area contributed by atoms with Gasteiger partial charge in [0.25, 0.3) is 0 Å². The van der Waals surface area contributed by atoms with E-state index in [1.807, 2.05) is 44.4 Å². The van der Waals surface area contributed by atoms with Crippen molar-refractivity contribution in [2.75, 3.05) is 21.2 Å². The number of benzene rings is 2. The fourth-order valence-corrected chi connectivity index (χ4v) is 2.39. The van der Waals surface area contributed by atoms with E-state index in [2.05, 4.69) is 11.8 Å². The summed E-state index contributed by atoms with van der Waals surface area (Å²) in [6, 6.07) is 17.2. The summed E-state index contributed by atoms with van der Waals surface area (Å²) in [6.07, 6.45) is 0.439. The Hall–Kier alpha value is -2.33. The van der Waals surface area contributed by atoms with Gasteiger partial charge in [0.2, 0.25) is 0 Å². The van der Waals surface area contributed by atoms with Gasteiger partial charge >= 0.3 is 5.97 Å². The predicted molar refractivity (Wildman–Crippen MR) is 95.4 cm³/mol. The Kier molecular flexibility index (Phi) is 6.38. The largest absolute Gasteiger partial charge is 0.497 e. The molecule has 128 valence electrons. The van der Waals surface area contributed by atoms with E-state index < -0.39 is 0 Å². The highest BCUT2D eigenvalue weighted by Crippen LogP contribution is 2.26. The molecule has 0 fully saturated rings. The van der Waals surface area contributed by atoms with Crippen molar-refractivity contribution in [3.8, 4) is 5.75 Å². The van der Waals surface area contributed by atoms with Crippen LogP contribution in [0, 0.1) is 0 Å². The van der Waals surface area contributed by atoms with Crippen molar-refractivity contribution in [1.29, 1.82) is 0 Å². The van der Waals surface area contributed by atoms with Gasteiger partial charge < -0.3 is 14.4 Å². The molecule has 2 rings (SSSR count). The van der Waals surface area contributed by atoms with Gasteiger partial charge in [-0.3, -0.25) is 0 Å². The Bertz CT molecular complexity index is 655. The van der Waals surface area contributed by atoms with Gasteiger partial charge in [-0.25, -0.2) is 4.79 Å². The van der Waals surface area contributed by atoms with Crippen LogP contribution in [0.4, 0.5) is 0 Å². The van der Waals surface area contributed by atoms with Crippen molar-refractivity contribution in [1.82, 2.24) is 4.90 Å². The molecule has 0 saturated carbocycles. The molecule has 2 aromatic carbocycles. The molecular formula is C20H25NO3. The molecule has 0 amide bonds. The summed E-state index contributed by atoms with van der Waals surface area (Å²) in [4.78, 5) is 14.7. The lowest BCUT2D eigenvalue weighted by Crippen LogP contribution is -2.28. The van der Waals surface area contributed by atoms with Crippen LogP contribution < -0.4 is 4.74 Å². The monoisotopic (exact) mass is 327 g/mol. The fraction of sp³-hybridized carbons (Fsp3) is 0.350. The number of carbonyl (C=O) groups excluding carboxylic acids is 1. The summed E-state index contributed by atoms with van der Waals surface area (Å²) >= 11 is 0. The molecule has 0 aliphatic heterocycles. The van der Waals surface area contributed by atoms with E-state index in [9.17, 15) is 4.79 Å². The first-order valence-electron chi connectivity index (χ1n) is 8.07. The smallest absolute Gasteiger partial charge is 0.338 e.